The molecule has 8 nitrogen and oxygen atoms in total. The third-order valence-electron chi connectivity index (χ3n) is 3.01. The maximum atomic E-state index is 11.9. The lowest BCUT2D eigenvalue weighted by molar-refractivity contribution is -0.121. The van der Waals surface area contributed by atoms with E-state index in [1.807, 2.05) is 30.3 Å². The molecule has 0 radical (unpaired) electrons. The van der Waals surface area contributed by atoms with Crippen LogP contribution in [0.4, 0.5) is 9.59 Å². The maximum absolute atomic E-state index is 11.9. The Morgan fingerprint density at radius 1 is 1.04 bits per heavy atom. The first-order valence-corrected chi connectivity index (χ1v) is 8.33. The fourth-order valence-electron chi connectivity index (χ4n) is 1.85. The lowest BCUT2D eigenvalue weighted by Gasteiger charge is -2.20. The largest absolute Gasteiger partial charge is 0.445 e. The Labute approximate surface area is 153 Å². The number of nitrogens with zero attached hydrogens (tertiary/aromatic N) is 1. The SMILES string of the molecule is CN(CC(=O)NCCNC(=O)OC(C)(C)C)C(=O)OCc1ccccc1. The Bertz CT molecular complexity index is 599. The molecule has 0 fully saturated rings. The number of nitrogens with one attached hydrogen (secondary N) is 2. The molecule has 0 saturated heterocycles. The molecule has 0 atom stereocenters. The molecule has 0 saturated carbocycles. The molecule has 0 aliphatic heterocycles. The lowest BCUT2D eigenvalue weighted by Crippen LogP contribution is -2.42. The number of benzene rings is 1. The topological polar surface area (TPSA) is 97.0 Å². The van der Waals surface area contributed by atoms with Gasteiger partial charge in [0.2, 0.25) is 5.91 Å². The molecule has 8 heteroatoms. The second kappa shape index (κ2) is 10.3. The van der Waals surface area contributed by atoms with Crippen LogP contribution in [-0.4, -0.2) is 55.3 Å². The highest BCUT2D eigenvalue weighted by molar-refractivity contribution is 5.82. The van der Waals surface area contributed by atoms with E-state index in [2.05, 4.69) is 10.6 Å². The molecule has 1 aromatic carbocycles. The average Bonchev–Trinajstić information content (AvgIpc) is 2.56. The molecule has 1 aromatic rings. The zero-order chi connectivity index (χ0) is 19.6. The minimum absolute atomic E-state index is 0.139. The fourth-order valence-corrected chi connectivity index (χ4v) is 1.85. The van der Waals surface area contributed by atoms with Crippen molar-refractivity contribution in [3.05, 3.63) is 35.9 Å². The van der Waals surface area contributed by atoms with Crippen molar-refractivity contribution in [2.75, 3.05) is 26.7 Å². The summed E-state index contributed by atoms with van der Waals surface area (Å²) in [6.45, 7) is 5.75. The van der Waals surface area contributed by atoms with Gasteiger partial charge in [0.05, 0.1) is 0 Å². The van der Waals surface area contributed by atoms with Gasteiger partial charge in [-0.25, -0.2) is 9.59 Å². The molecule has 0 heterocycles. The van der Waals surface area contributed by atoms with Gasteiger partial charge in [-0.1, -0.05) is 30.3 Å². The van der Waals surface area contributed by atoms with E-state index in [0.29, 0.717) is 0 Å². The van der Waals surface area contributed by atoms with Crippen LogP contribution in [-0.2, 0) is 20.9 Å². The van der Waals surface area contributed by atoms with Crippen molar-refractivity contribution in [2.45, 2.75) is 33.0 Å². The van der Waals surface area contributed by atoms with E-state index in [-0.39, 0.29) is 32.1 Å². The maximum Gasteiger partial charge on any atom is 0.410 e. The van der Waals surface area contributed by atoms with Gasteiger partial charge in [-0.15, -0.1) is 0 Å². The highest BCUT2D eigenvalue weighted by Gasteiger charge is 2.16. The third-order valence-corrected chi connectivity index (χ3v) is 3.01. The highest BCUT2D eigenvalue weighted by atomic mass is 16.6. The molecule has 144 valence electrons. The van der Waals surface area contributed by atoms with Crippen molar-refractivity contribution in [3.63, 3.8) is 0 Å². The summed E-state index contributed by atoms with van der Waals surface area (Å²) >= 11 is 0. The van der Waals surface area contributed by atoms with Gasteiger partial charge in [-0.3, -0.25) is 4.79 Å². The van der Waals surface area contributed by atoms with Gasteiger partial charge in [-0.2, -0.15) is 0 Å². The summed E-state index contributed by atoms with van der Waals surface area (Å²) in [6, 6.07) is 9.27. The first kappa shape index (κ1) is 21.3. The number of rotatable bonds is 7. The van der Waals surface area contributed by atoms with E-state index < -0.39 is 17.8 Å². The van der Waals surface area contributed by atoms with Crippen LogP contribution < -0.4 is 10.6 Å². The molecular weight excluding hydrogens is 338 g/mol. The van der Waals surface area contributed by atoms with E-state index in [0.717, 1.165) is 5.56 Å². The van der Waals surface area contributed by atoms with Gasteiger partial charge in [0.15, 0.2) is 0 Å². The van der Waals surface area contributed by atoms with Crippen LogP contribution in [0.25, 0.3) is 0 Å². The Balaban J connectivity index is 2.19. The number of alkyl carbamates (subject to hydrolysis) is 1. The fraction of sp³-hybridized carbons (Fsp3) is 0.500. The van der Waals surface area contributed by atoms with Gasteiger partial charge in [-0.05, 0) is 26.3 Å². The summed E-state index contributed by atoms with van der Waals surface area (Å²) < 4.78 is 10.2. The number of hydrogen-bond acceptors (Lipinski definition) is 5. The second-order valence-corrected chi connectivity index (χ2v) is 6.67. The van der Waals surface area contributed by atoms with Crippen LogP contribution in [0.1, 0.15) is 26.3 Å². The molecule has 3 amide bonds. The molecule has 0 unspecified atom stereocenters. The molecule has 2 N–H and O–H groups in total. The summed E-state index contributed by atoms with van der Waals surface area (Å²) in [5, 5.41) is 5.13. The summed E-state index contributed by atoms with van der Waals surface area (Å²) in [7, 11) is 1.48. The Hall–Kier alpha value is -2.77. The molecule has 0 aliphatic rings. The Morgan fingerprint density at radius 2 is 1.65 bits per heavy atom. The molecule has 26 heavy (non-hydrogen) atoms. The van der Waals surface area contributed by atoms with Crippen molar-refractivity contribution in [3.8, 4) is 0 Å². The standard InChI is InChI=1S/C18H27N3O5/c1-18(2,3)26-16(23)20-11-10-19-15(22)12-21(4)17(24)25-13-14-8-6-5-7-9-14/h5-9H,10-13H2,1-4H3,(H,19,22)(H,20,23). The van der Waals surface area contributed by atoms with E-state index in [1.54, 1.807) is 20.8 Å². The van der Waals surface area contributed by atoms with Gasteiger partial charge >= 0.3 is 12.2 Å². The average molecular weight is 365 g/mol. The molecule has 1 rings (SSSR count). The van der Waals surface area contributed by atoms with Crippen LogP contribution in [0.3, 0.4) is 0 Å². The summed E-state index contributed by atoms with van der Waals surface area (Å²) in [5.41, 5.74) is 0.294. The molecule has 0 spiro atoms. The van der Waals surface area contributed by atoms with E-state index in [1.165, 1.54) is 11.9 Å². The Kier molecular flexibility index (Phi) is 8.41. The predicted molar refractivity (Wildman–Crippen MR) is 96.5 cm³/mol. The Morgan fingerprint density at radius 3 is 2.27 bits per heavy atom. The van der Waals surface area contributed by atoms with Gasteiger partial charge in [0.1, 0.15) is 18.8 Å². The zero-order valence-corrected chi connectivity index (χ0v) is 15.7. The molecular formula is C18H27N3O5. The second-order valence-electron chi connectivity index (χ2n) is 6.67. The van der Waals surface area contributed by atoms with Crippen LogP contribution in [0.15, 0.2) is 30.3 Å². The van der Waals surface area contributed by atoms with Crippen molar-refractivity contribution < 1.29 is 23.9 Å². The smallest absolute Gasteiger partial charge is 0.410 e. The summed E-state index contributed by atoms with van der Waals surface area (Å²) in [4.78, 5) is 36.3. The monoisotopic (exact) mass is 365 g/mol. The first-order chi connectivity index (χ1) is 12.2. The lowest BCUT2D eigenvalue weighted by atomic mass is 10.2. The summed E-state index contributed by atoms with van der Waals surface area (Å²) in [6.07, 6.45) is -1.13. The molecule has 0 bridgehead atoms. The number of amides is 3. The van der Waals surface area contributed by atoms with E-state index in [9.17, 15) is 14.4 Å². The van der Waals surface area contributed by atoms with Crippen LogP contribution >= 0.6 is 0 Å². The highest BCUT2D eigenvalue weighted by Crippen LogP contribution is 2.06. The molecule has 0 aromatic heterocycles. The normalized spacial score (nSPS) is 10.6. The van der Waals surface area contributed by atoms with Gasteiger partial charge < -0.3 is 25.0 Å². The number of carbonyl (C=O) groups is 3. The summed E-state index contributed by atoms with van der Waals surface area (Å²) in [5.74, 6) is -0.352. The first-order valence-electron chi connectivity index (χ1n) is 8.33. The van der Waals surface area contributed by atoms with E-state index >= 15 is 0 Å². The van der Waals surface area contributed by atoms with Crippen molar-refractivity contribution in [1.29, 1.82) is 0 Å². The minimum Gasteiger partial charge on any atom is -0.445 e. The quantitative estimate of drug-likeness (QED) is 0.719. The zero-order valence-electron chi connectivity index (χ0n) is 15.7. The number of carbonyl (C=O) groups excluding carboxylic acids is 3. The van der Waals surface area contributed by atoms with Crippen molar-refractivity contribution in [1.82, 2.24) is 15.5 Å². The van der Waals surface area contributed by atoms with Gasteiger partial charge in [0, 0.05) is 20.1 Å². The van der Waals surface area contributed by atoms with Crippen LogP contribution in [0.2, 0.25) is 0 Å². The van der Waals surface area contributed by atoms with Crippen molar-refractivity contribution >= 4 is 18.1 Å². The van der Waals surface area contributed by atoms with Gasteiger partial charge in [0.25, 0.3) is 0 Å². The van der Waals surface area contributed by atoms with E-state index in [4.69, 9.17) is 9.47 Å². The number of ether oxygens (including phenoxy) is 2. The van der Waals surface area contributed by atoms with Crippen LogP contribution in [0.5, 0.6) is 0 Å². The number of hydrogen-bond donors (Lipinski definition) is 2. The third kappa shape index (κ3) is 9.51. The minimum atomic E-state index is -0.587. The molecule has 0 aliphatic carbocycles. The number of likely N-dealkylation sites (N-methyl/N-ethyl adjacent to an activating group) is 1. The predicted octanol–water partition coefficient (Wildman–Crippen LogP) is 1.90. The van der Waals surface area contributed by atoms with Crippen LogP contribution in [0, 0.1) is 0 Å². The van der Waals surface area contributed by atoms with Crippen molar-refractivity contribution in [2.24, 2.45) is 0 Å².